The average Bonchev–Trinajstić information content (AvgIpc) is 2.72. The van der Waals surface area contributed by atoms with Crippen LogP contribution in [-0.2, 0) is 14.3 Å². The lowest BCUT2D eigenvalue weighted by Crippen LogP contribution is -2.47. The fraction of sp³-hybridized carbons (Fsp3) is 0.667. The molecular weight excluding hydrogens is 380 g/mol. The Morgan fingerprint density at radius 2 is 1.73 bits per heavy atom. The summed E-state index contributed by atoms with van der Waals surface area (Å²) in [4.78, 5) is 27.5. The highest BCUT2D eigenvalue weighted by Gasteiger charge is 2.51. The van der Waals surface area contributed by atoms with Crippen molar-refractivity contribution in [2.75, 3.05) is 43.6 Å². The van der Waals surface area contributed by atoms with E-state index in [9.17, 15) is 9.59 Å². The van der Waals surface area contributed by atoms with Crippen molar-refractivity contribution in [3.63, 3.8) is 0 Å². The van der Waals surface area contributed by atoms with Crippen molar-refractivity contribution in [1.29, 1.82) is 0 Å². The Morgan fingerprint density at radius 3 is 2.33 bits per heavy atom. The number of morpholine rings is 1. The van der Waals surface area contributed by atoms with Crippen LogP contribution in [-0.4, -0.2) is 45.3 Å². The highest BCUT2D eigenvalue weighted by Crippen LogP contribution is 2.61. The number of hydrogen-bond acceptors (Lipinski definition) is 5. The first kappa shape index (κ1) is 19.9. The van der Waals surface area contributed by atoms with Crippen molar-refractivity contribution in [2.24, 2.45) is 23.2 Å². The predicted molar refractivity (Wildman–Crippen MR) is 115 cm³/mol. The lowest BCUT2D eigenvalue weighted by molar-refractivity contribution is -0.124. The smallest absolute Gasteiger partial charge is 0.337 e. The van der Waals surface area contributed by atoms with E-state index in [2.05, 4.69) is 10.2 Å². The monoisotopic (exact) mass is 412 g/mol. The maximum atomic E-state index is 13.2. The number of nitrogens with one attached hydrogen (secondary N) is 1. The Kier molecular flexibility index (Phi) is 5.21. The highest BCUT2D eigenvalue weighted by atomic mass is 16.5. The molecule has 0 radical (unpaired) electrons. The van der Waals surface area contributed by atoms with Gasteiger partial charge in [0.05, 0.1) is 37.3 Å². The van der Waals surface area contributed by atoms with Crippen LogP contribution in [0.5, 0.6) is 0 Å². The fourth-order valence-corrected chi connectivity index (χ4v) is 7.00. The number of benzene rings is 1. The average molecular weight is 413 g/mol. The van der Waals surface area contributed by atoms with E-state index in [-0.39, 0.29) is 17.3 Å². The summed E-state index contributed by atoms with van der Waals surface area (Å²) in [6, 6.07) is 5.44. The van der Waals surface area contributed by atoms with Gasteiger partial charge in [-0.15, -0.1) is 0 Å². The fourth-order valence-electron chi connectivity index (χ4n) is 7.00. The second-order valence-electron chi connectivity index (χ2n) is 9.97. The van der Waals surface area contributed by atoms with Gasteiger partial charge in [-0.1, -0.05) is 0 Å². The van der Waals surface area contributed by atoms with Crippen LogP contribution < -0.4 is 10.2 Å². The molecule has 1 aromatic rings. The zero-order valence-corrected chi connectivity index (χ0v) is 17.8. The summed E-state index contributed by atoms with van der Waals surface area (Å²) in [6.07, 6.45) is 8.37. The van der Waals surface area contributed by atoms with Crippen LogP contribution in [0.15, 0.2) is 18.2 Å². The van der Waals surface area contributed by atoms with Crippen molar-refractivity contribution in [1.82, 2.24) is 0 Å². The van der Waals surface area contributed by atoms with Gasteiger partial charge < -0.3 is 19.7 Å². The second-order valence-corrected chi connectivity index (χ2v) is 9.97. The summed E-state index contributed by atoms with van der Waals surface area (Å²) in [5.41, 5.74) is 2.30. The molecular formula is C24H32N2O4. The minimum atomic E-state index is -0.389. The number of amides is 1. The van der Waals surface area contributed by atoms with Gasteiger partial charge in [0.15, 0.2) is 0 Å². The summed E-state index contributed by atoms with van der Waals surface area (Å²) >= 11 is 0. The maximum absolute atomic E-state index is 13.2. The number of nitrogens with zero attached hydrogens (tertiary/aromatic N) is 1. The molecule has 6 nitrogen and oxygen atoms in total. The molecule has 6 heteroatoms. The zero-order valence-electron chi connectivity index (χ0n) is 17.8. The molecule has 30 heavy (non-hydrogen) atoms. The molecule has 1 heterocycles. The summed E-state index contributed by atoms with van der Waals surface area (Å²) in [7, 11) is 1.38. The summed E-state index contributed by atoms with van der Waals surface area (Å²) < 4.78 is 10.4. The topological polar surface area (TPSA) is 67.9 Å². The summed E-state index contributed by atoms with van der Waals surface area (Å²) in [6.45, 7) is 2.88. The van der Waals surface area contributed by atoms with Gasteiger partial charge in [0, 0.05) is 19.5 Å². The van der Waals surface area contributed by atoms with Crippen LogP contribution in [0.4, 0.5) is 11.4 Å². The molecule has 0 aromatic heterocycles. The molecule has 0 unspecified atom stereocenters. The molecule has 4 aliphatic carbocycles. The van der Waals surface area contributed by atoms with E-state index >= 15 is 0 Å². The van der Waals surface area contributed by atoms with E-state index < -0.39 is 0 Å². The number of anilines is 2. The number of methoxy groups -OCH3 is 1. The Bertz CT molecular complexity index is 795. The van der Waals surface area contributed by atoms with E-state index in [4.69, 9.17) is 9.47 Å². The van der Waals surface area contributed by atoms with E-state index in [0.717, 1.165) is 36.5 Å². The Morgan fingerprint density at radius 1 is 1.10 bits per heavy atom. The molecule has 4 bridgehead atoms. The number of rotatable bonds is 5. The first-order chi connectivity index (χ1) is 14.5. The minimum Gasteiger partial charge on any atom is -0.465 e. The number of esters is 1. The second kappa shape index (κ2) is 7.88. The number of carbonyl (C=O) groups is 2. The maximum Gasteiger partial charge on any atom is 0.337 e. The van der Waals surface area contributed by atoms with Crippen LogP contribution in [0.1, 0.15) is 55.3 Å². The summed E-state index contributed by atoms with van der Waals surface area (Å²) in [5, 5.41) is 3.17. The van der Waals surface area contributed by atoms with E-state index in [1.807, 2.05) is 6.07 Å². The number of carbonyl (C=O) groups excluding carboxylic acids is 2. The number of ether oxygens (including phenoxy) is 2. The van der Waals surface area contributed by atoms with Gasteiger partial charge in [-0.25, -0.2) is 4.79 Å². The van der Waals surface area contributed by atoms with Gasteiger partial charge >= 0.3 is 5.97 Å². The first-order valence-corrected chi connectivity index (χ1v) is 11.4. The van der Waals surface area contributed by atoms with Gasteiger partial charge in [0.2, 0.25) is 5.91 Å². The third kappa shape index (κ3) is 3.82. The molecule has 1 aliphatic heterocycles. The van der Waals surface area contributed by atoms with Crippen molar-refractivity contribution in [3.05, 3.63) is 23.8 Å². The highest BCUT2D eigenvalue weighted by molar-refractivity contribution is 5.98. The zero-order chi connectivity index (χ0) is 20.7. The predicted octanol–water partition coefficient (Wildman–Crippen LogP) is 3.85. The van der Waals surface area contributed by atoms with Gasteiger partial charge in [-0.3, -0.25) is 4.79 Å². The third-order valence-electron chi connectivity index (χ3n) is 7.74. The van der Waals surface area contributed by atoms with Crippen molar-refractivity contribution in [2.45, 2.75) is 44.9 Å². The molecule has 0 spiro atoms. The van der Waals surface area contributed by atoms with Gasteiger partial charge in [-0.05, 0) is 79.9 Å². The van der Waals surface area contributed by atoms with Crippen LogP contribution in [0.2, 0.25) is 0 Å². The molecule has 1 N–H and O–H groups in total. The standard InChI is InChI=1S/C24H32N2O4/c1-29-23(28)19-2-3-21(26-4-6-30-7-5-26)20(11-19)25-22(27)15-24-12-16-8-17(13-24)10-18(9-16)14-24/h2-3,11,16-18H,4-10,12-15H2,1H3,(H,25,27). The molecule has 6 rings (SSSR count). The molecule has 4 saturated carbocycles. The van der Waals surface area contributed by atoms with E-state index in [1.165, 1.54) is 45.6 Å². The molecule has 5 fully saturated rings. The van der Waals surface area contributed by atoms with Gasteiger partial charge in [-0.2, -0.15) is 0 Å². The molecule has 1 amide bonds. The Balaban J connectivity index is 1.36. The van der Waals surface area contributed by atoms with Crippen molar-refractivity contribution >= 4 is 23.3 Å². The van der Waals surface area contributed by atoms with E-state index in [0.29, 0.717) is 30.9 Å². The normalized spacial score (nSPS) is 32.2. The molecule has 1 saturated heterocycles. The first-order valence-electron chi connectivity index (χ1n) is 11.4. The van der Waals surface area contributed by atoms with Crippen LogP contribution in [0.3, 0.4) is 0 Å². The van der Waals surface area contributed by atoms with Crippen LogP contribution in [0.25, 0.3) is 0 Å². The van der Waals surface area contributed by atoms with Gasteiger partial charge in [0.1, 0.15) is 0 Å². The lowest BCUT2D eigenvalue weighted by Gasteiger charge is -2.56. The van der Waals surface area contributed by atoms with Gasteiger partial charge in [0.25, 0.3) is 0 Å². The Labute approximate surface area is 178 Å². The van der Waals surface area contributed by atoms with Crippen LogP contribution in [0, 0.1) is 23.2 Å². The molecule has 1 aromatic carbocycles. The lowest BCUT2D eigenvalue weighted by atomic mass is 9.49. The molecule has 162 valence electrons. The van der Waals surface area contributed by atoms with Crippen molar-refractivity contribution < 1.29 is 19.1 Å². The quantitative estimate of drug-likeness (QED) is 0.744. The molecule has 5 aliphatic rings. The molecule has 0 atom stereocenters. The minimum absolute atomic E-state index is 0.0773. The SMILES string of the molecule is COC(=O)c1ccc(N2CCOCC2)c(NC(=O)CC23CC4CC(CC(C4)C2)C3)c1. The van der Waals surface area contributed by atoms with Crippen LogP contribution >= 0.6 is 0 Å². The third-order valence-corrected chi connectivity index (χ3v) is 7.74. The number of hydrogen-bond donors (Lipinski definition) is 1. The van der Waals surface area contributed by atoms with Crippen molar-refractivity contribution in [3.8, 4) is 0 Å². The summed E-state index contributed by atoms with van der Waals surface area (Å²) in [5.74, 6) is 2.18. The largest absolute Gasteiger partial charge is 0.465 e. The van der Waals surface area contributed by atoms with E-state index in [1.54, 1.807) is 12.1 Å². The Hall–Kier alpha value is -2.08.